The molecule has 0 bridgehead atoms. The predicted octanol–water partition coefficient (Wildman–Crippen LogP) is 3.34. The van der Waals surface area contributed by atoms with Gasteiger partial charge in [0.05, 0.1) is 17.1 Å². The molecule has 0 aromatic carbocycles. The smallest absolute Gasteiger partial charge is 0.254 e. The minimum absolute atomic E-state index is 0.197. The van der Waals surface area contributed by atoms with Crippen molar-refractivity contribution in [2.75, 3.05) is 0 Å². The molecule has 0 aliphatic rings. The molecule has 1 N–H and O–H groups in total. The first-order valence-electron chi connectivity index (χ1n) is 5.51. The van der Waals surface area contributed by atoms with Gasteiger partial charge in [0.15, 0.2) is 0 Å². The fourth-order valence-corrected chi connectivity index (χ4v) is 2.73. The van der Waals surface area contributed by atoms with Gasteiger partial charge in [-0.2, -0.15) is 0 Å². The quantitative estimate of drug-likeness (QED) is 0.937. The van der Waals surface area contributed by atoms with Gasteiger partial charge in [-0.15, -0.1) is 11.3 Å². The first-order chi connectivity index (χ1) is 8.58. The molecule has 94 valence electrons. The average Bonchev–Trinajstić information content (AvgIpc) is 2.66. The monoisotopic (exact) mass is 280 g/mol. The summed E-state index contributed by atoms with van der Waals surface area (Å²) in [6.07, 6.45) is 3.04. The van der Waals surface area contributed by atoms with E-state index in [1.807, 2.05) is 0 Å². The second-order valence-corrected chi connectivity index (χ2v) is 5.74. The van der Waals surface area contributed by atoms with Crippen LogP contribution in [0.1, 0.15) is 25.7 Å². The van der Waals surface area contributed by atoms with Gasteiger partial charge in [-0.25, -0.2) is 0 Å². The summed E-state index contributed by atoms with van der Waals surface area (Å²) in [5, 5.41) is 3.26. The highest BCUT2D eigenvalue weighted by Gasteiger charge is 2.10. The number of rotatable bonds is 3. The van der Waals surface area contributed by atoms with Crippen LogP contribution in [0, 0.1) is 13.8 Å². The van der Waals surface area contributed by atoms with Crippen molar-refractivity contribution in [1.29, 1.82) is 0 Å². The first-order valence-corrected chi connectivity index (χ1v) is 6.71. The molecule has 0 fully saturated rings. The number of carbonyl (C=O) groups excluding carboxylic acids is 1. The van der Waals surface area contributed by atoms with Gasteiger partial charge in [0.2, 0.25) is 0 Å². The highest BCUT2D eigenvalue weighted by molar-refractivity contribution is 7.12. The fraction of sp³-hybridized carbons (Fsp3) is 0.231. The lowest BCUT2D eigenvalue weighted by Gasteiger charge is -2.04. The lowest BCUT2D eigenvalue weighted by molar-refractivity contribution is 0.0951. The number of halogens is 1. The van der Waals surface area contributed by atoms with Crippen molar-refractivity contribution in [2.24, 2.45) is 0 Å². The fourth-order valence-electron chi connectivity index (χ4n) is 1.54. The number of pyridine rings is 1. The Hall–Kier alpha value is -1.39. The zero-order valence-electron chi connectivity index (χ0n) is 10.2. The van der Waals surface area contributed by atoms with E-state index in [0.717, 1.165) is 4.88 Å². The number of aromatic nitrogens is 1. The van der Waals surface area contributed by atoms with E-state index in [1.165, 1.54) is 16.6 Å². The lowest BCUT2D eigenvalue weighted by atomic mass is 10.2. The lowest BCUT2D eigenvalue weighted by Crippen LogP contribution is -2.22. The van der Waals surface area contributed by atoms with Crippen LogP contribution in [0.3, 0.4) is 0 Å². The van der Waals surface area contributed by atoms with Gasteiger partial charge in [0.1, 0.15) is 0 Å². The minimum Gasteiger partial charge on any atom is -0.347 e. The molecule has 0 aliphatic heterocycles. The molecule has 2 aromatic rings. The summed E-state index contributed by atoms with van der Waals surface area (Å²) in [6.45, 7) is 4.65. The standard InChI is InChI=1S/C13H13ClN2OS/c1-8-5-10(18-9(8)2)6-16-13(17)11-7-15-4-3-12(11)14/h3-5,7H,6H2,1-2H3,(H,16,17). The molecule has 5 heteroatoms. The topological polar surface area (TPSA) is 42.0 Å². The van der Waals surface area contributed by atoms with Gasteiger partial charge < -0.3 is 5.32 Å². The summed E-state index contributed by atoms with van der Waals surface area (Å²) in [5.41, 5.74) is 1.66. The van der Waals surface area contributed by atoms with E-state index in [9.17, 15) is 4.79 Å². The third-order valence-electron chi connectivity index (χ3n) is 2.65. The van der Waals surface area contributed by atoms with E-state index in [-0.39, 0.29) is 5.91 Å². The number of thiophene rings is 1. The van der Waals surface area contributed by atoms with Crippen LogP contribution in [0.25, 0.3) is 0 Å². The number of nitrogens with one attached hydrogen (secondary N) is 1. The summed E-state index contributed by atoms with van der Waals surface area (Å²) in [6, 6.07) is 3.70. The molecule has 18 heavy (non-hydrogen) atoms. The molecule has 1 amide bonds. The van der Waals surface area contributed by atoms with Crippen molar-refractivity contribution in [1.82, 2.24) is 10.3 Å². The van der Waals surface area contributed by atoms with Crippen molar-refractivity contribution >= 4 is 28.8 Å². The zero-order chi connectivity index (χ0) is 13.1. The van der Waals surface area contributed by atoms with Gasteiger partial charge >= 0.3 is 0 Å². The van der Waals surface area contributed by atoms with Crippen LogP contribution in [-0.2, 0) is 6.54 Å². The number of aryl methyl sites for hydroxylation is 2. The van der Waals surface area contributed by atoms with E-state index >= 15 is 0 Å². The normalized spacial score (nSPS) is 10.4. The Labute approximate surface area is 115 Å². The Morgan fingerprint density at radius 1 is 1.50 bits per heavy atom. The van der Waals surface area contributed by atoms with E-state index in [0.29, 0.717) is 17.1 Å². The number of hydrogen-bond donors (Lipinski definition) is 1. The van der Waals surface area contributed by atoms with E-state index < -0.39 is 0 Å². The Balaban J connectivity index is 2.03. The van der Waals surface area contributed by atoms with Crippen molar-refractivity contribution in [3.63, 3.8) is 0 Å². The van der Waals surface area contributed by atoms with Crippen molar-refractivity contribution < 1.29 is 4.79 Å². The molecule has 0 atom stereocenters. The third kappa shape index (κ3) is 2.89. The maximum absolute atomic E-state index is 11.9. The predicted molar refractivity (Wildman–Crippen MR) is 74.2 cm³/mol. The van der Waals surface area contributed by atoms with Gasteiger partial charge in [0.25, 0.3) is 5.91 Å². The molecule has 0 unspecified atom stereocenters. The Morgan fingerprint density at radius 3 is 2.89 bits per heavy atom. The highest BCUT2D eigenvalue weighted by Crippen LogP contribution is 2.20. The molecule has 2 rings (SSSR count). The Morgan fingerprint density at radius 2 is 2.28 bits per heavy atom. The molecular formula is C13H13ClN2OS. The van der Waals surface area contributed by atoms with Gasteiger partial charge in [-0.1, -0.05) is 11.6 Å². The van der Waals surface area contributed by atoms with Gasteiger partial charge in [0, 0.05) is 22.1 Å². The minimum atomic E-state index is -0.197. The van der Waals surface area contributed by atoms with Crippen LogP contribution in [0.4, 0.5) is 0 Å². The van der Waals surface area contributed by atoms with Crippen LogP contribution in [0.5, 0.6) is 0 Å². The third-order valence-corrected chi connectivity index (χ3v) is 4.13. The molecule has 2 heterocycles. The maximum atomic E-state index is 11.9. The van der Waals surface area contributed by atoms with Gasteiger partial charge in [-0.05, 0) is 31.5 Å². The van der Waals surface area contributed by atoms with Crippen LogP contribution in [0.15, 0.2) is 24.5 Å². The number of nitrogens with zero attached hydrogens (tertiary/aromatic N) is 1. The molecule has 0 radical (unpaired) electrons. The van der Waals surface area contributed by atoms with Crippen molar-refractivity contribution in [3.05, 3.63) is 50.4 Å². The van der Waals surface area contributed by atoms with Crippen molar-refractivity contribution in [2.45, 2.75) is 20.4 Å². The molecular weight excluding hydrogens is 268 g/mol. The number of amides is 1. The summed E-state index contributed by atoms with van der Waals surface area (Å²) in [7, 11) is 0. The largest absolute Gasteiger partial charge is 0.347 e. The Kier molecular flexibility index (Phi) is 3.99. The highest BCUT2D eigenvalue weighted by atomic mass is 35.5. The molecule has 3 nitrogen and oxygen atoms in total. The van der Waals surface area contributed by atoms with E-state index in [4.69, 9.17) is 11.6 Å². The summed E-state index contributed by atoms with van der Waals surface area (Å²) >= 11 is 7.62. The first kappa shape index (κ1) is 13.1. The van der Waals surface area contributed by atoms with E-state index in [1.54, 1.807) is 23.6 Å². The van der Waals surface area contributed by atoms with Gasteiger partial charge in [-0.3, -0.25) is 9.78 Å². The number of carbonyl (C=O) groups is 1. The van der Waals surface area contributed by atoms with Crippen LogP contribution in [-0.4, -0.2) is 10.9 Å². The molecule has 2 aromatic heterocycles. The summed E-state index contributed by atoms with van der Waals surface area (Å²) < 4.78 is 0. The second-order valence-electron chi connectivity index (χ2n) is 3.99. The van der Waals surface area contributed by atoms with Crippen molar-refractivity contribution in [3.8, 4) is 0 Å². The zero-order valence-corrected chi connectivity index (χ0v) is 11.7. The summed E-state index contributed by atoms with van der Waals surface area (Å²) in [4.78, 5) is 18.2. The molecule has 0 aliphatic carbocycles. The van der Waals surface area contributed by atoms with Crippen LogP contribution >= 0.6 is 22.9 Å². The molecule has 0 saturated heterocycles. The van der Waals surface area contributed by atoms with Crippen LogP contribution < -0.4 is 5.32 Å². The number of hydrogen-bond acceptors (Lipinski definition) is 3. The molecule has 0 spiro atoms. The summed E-state index contributed by atoms with van der Waals surface area (Å²) in [5.74, 6) is -0.197. The van der Waals surface area contributed by atoms with E-state index in [2.05, 4.69) is 30.2 Å². The average molecular weight is 281 g/mol. The second kappa shape index (κ2) is 5.50. The Bertz CT molecular complexity index is 561. The maximum Gasteiger partial charge on any atom is 0.254 e. The molecule has 0 saturated carbocycles. The SMILES string of the molecule is Cc1cc(CNC(=O)c2cnccc2Cl)sc1C. The van der Waals surface area contributed by atoms with Crippen LogP contribution in [0.2, 0.25) is 5.02 Å².